The van der Waals surface area contributed by atoms with Gasteiger partial charge in [-0.3, -0.25) is 0 Å². The van der Waals surface area contributed by atoms with Gasteiger partial charge in [0.1, 0.15) is 10.0 Å². The molecule has 2 aromatic rings. The first-order valence-electron chi connectivity index (χ1n) is 6.83. The van der Waals surface area contributed by atoms with Gasteiger partial charge in [0.2, 0.25) is 0 Å². The fraction of sp³-hybridized carbons (Fsp3) is 0.467. The van der Waals surface area contributed by atoms with Gasteiger partial charge in [0.15, 0.2) is 0 Å². The van der Waals surface area contributed by atoms with E-state index < -0.39 is 0 Å². The number of hydrogen-bond acceptors (Lipinski definition) is 4. The summed E-state index contributed by atoms with van der Waals surface area (Å²) in [5.74, 6) is 0.899. The molecule has 2 atom stereocenters. The van der Waals surface area contributed by atoms with Crippen LogP contribution in [0.25, 0.3) is 0 Å². The molecule has 19 heavy (non-hydrogen) atoms. The first-order valence-corrected chi connectivity index (χ1v) is 7.65. The molecule has 0 saturated carbocycles. The summed E-state index contributed by atoms with van der Waals surface area (Å²) < 4.78 is 0. The molecule has 0 aliphatic rings. The summed E-state index contributed by atoms with van der Waals surface area (Å²) in [6.45, 7) is 5.14. The lowest BCUT2D eigenvalue weighted by atomic mass is 9.86. The fourth-order valence-corrected chi connectivity index (χ4v) is 3.35. The van der Waals surface area contributed by atoms with Gasteiger partial charge in [-0.15, -0.1) is 21.5 Å². The highest BCUT2D eigenvalue weighted by molar-refractivity contribution is 7.11. The number of aromatic nitrogens is 2. The summed E-state index contributed by atoms with van der Waals surface area (Å²) in [6.07, 6.45) is 1.95. The molecule has 0 radical (unpaired) electrons. The van der Waals surface area contributed by atoms with E-state index in [9.17, 15) is 0 Å². The van der Waals surface area contributed by atoms with Crippen molar-refractivity contribution in [3.8, 4) is 0 Å². The molecule has 0 aliphatic carbocycles. The van der Waals surface area contributed by atoms with Crippen LogP contribution in [-0.4, -0.2) is 16.7 Å². The Labute approximate surface area is 118 Å². The zero-order chi connectivity index (χ0) is 13.7. The van der Waals surface area contributed by atoms with Crippen LogP contribution in [0.4, 0.5) is 0 Å². The normalized spacial score (nSPS) is 14.3. The average molecular weight is 275 g/mol. The Bertz CT molecular complexity index is 495. The Kier molecular flexibility index (Phi) is 5.05. The van der Waals surface area contributed by atoms with E-state index in [4.69, 9.17) is 5.73 Å². The van der Waals surface area contributed by atoms with Crippen LogP contribution in [0, 0.1) is 5.92 Å². The maximum atomic E-state index is 5.58. The molecule has 1 heterocycles. The Balaban J connectivity index is 2.32. The van der Waals surface area contributed by atoms with Crippen LogP contribution in [0.5, 0.6) is 0 Å². The van der Waals surface area contributed by atoms with Gasteiger partial charge in [0.05, 0.1) is 0 Å². The number of hydrogen-bond donors (Lipinski definition) is 1. The van der Waals surface area contributed by atoms with Crippen molar-refractivity contribution in [2.75, 3.05) is 6.54 Å². The molecule has 0 bridgehead atoms. The fourth-order valence-electron chi connectivity index (χ4n) is 2.23. The topological polar surface area (TPSA) is 51.8 Å². The number of benzene rings is 1. The Morgan fingerprint density at radius 3 is 2.58 bits per heavy atom. The van der Waals surface area contributed by atoms with Gasteiger partial charge >= 0.3 is 0 Å². The van der Waals surface area contributed by atoms with Crippen LogP contribution in [0.3, 0.4) is 0 Å². The van der Waals surface area contributed by atoms with Gasteiger partial charge in [-0.05, 0) is 18.0 Å². The van der Waals surface area contributed by atoms with Gasteiger partial charge in [-0.25, -0.2) is 0 Å². The van der Waals surface area contributed by atoms with Crippen molar-refractivity contribution in [1.29, 1.82) is 0 Å². The van der Waals surface area contributed by atoms with E-state index in [2.05, 4.69) is 54.4 Å². The number of nitrogens with zero attached hydrogens (tertiary/aromatic N) is 2. The second-order valence-electron chi connectivity index (χ2n) is 4.85. The third-order valence-electron chi connectivity index (χ3n) is 3.48. The lowest BCUT2D eigenvalue weighted by molar-refractivity contribution is 0.492. The van der Waals surface area contributed by atoms with Crippen molar-refractivity contribution in [3.05, 3.63) is 45.9 Å². The zero-order valence-electron chi connectivity index (χ0n) is 11.5. The van der Waals surface area contributed by atoms with E-state index >= 15 is 0 Å². The molecule has 1 aromatic carbocycles. The van der Waals surface area contributed by atoms with E-state index in [1.807, 2.05) is 0 Å². The van der Waals surface area contributed by atoms with Gasteiger partial charge in [0, 0.05) is 12.3 Å². The molecule has 3 nitrogen and oxygen atoms in total. The molecule has 1 aromatic heterocycles. The highest BCUT2D eigenvalue weighted by Gasteiger charge is 2.23. The summed E-state index contributed by atoms with van der Waals surface area (Å²) in [4.78, 5) is 0. The quantitative estimate of drug-likeness (QED) is 0.880. The summed E-state index contributed by atoms with van der Waals surface area (Å²) in [5.41, 5.74) is 6.91. The van der Waals surface area contributed by atoms with E-state index in [1.54, 1.807) is 11.3 Å². The van der Waals surface area contributed by atoms with Crippen molar-refractivity contribution in [2.45, 2.75) is 32.6 Å². The Hall–Kier alpha value is -1.26. The molecule has 2 rings (SSSR count). The Morgan fingerprint density at radius 2 is 1.95 bits per heavy atom. The predicted octanol–water partition coefficient (Wildman–Crippen LogP) is 3.22. The minimum absolute atomic E-state index is 0.343. The van der Waals surface area contributed by atoms with Crippen LogP contribution >= 0.6 is 11.3 Å². The van der Waals surface area contributed by atoms with Crippen molar-refractivity contribution in [2.24, 2.45) is 11.7 Å². The largest absolute Gasteiger partial charge is 0.330 e. The molecular formula is C15H21N3S. The highest BCUT2D eigenvalue weighted by Crippen LogP contribution is 2.35. The molecule has 4 heteroatoms. The average Bonchev–Trinajstić information content (AvgIpc) is 2.89. The van der Waals surface area contributed by atoms with Gasteiger partial charge in [-0.2, -0.15) is 0 Å². The van der Waals surface area contributed by atoms with Crippen LogP contribution in [-0.2, 0) is 6.42 Å². The maximum Gasteiger partial charge on any atom is 0.125 e. The SMILES string of the molecule is CCC(C)C(c1ccccc1)c1nnc(CCN)s1. The zero-order valence-corrected chi connectivity index (χ0v) is 12.4. The lowest BCUT2D eigenvalue weighted by Gasteiger charge is -2.20. The third kappa shape index (κ3) is 3.39. The van der Waals surface area contributed by atoms with E-state index in [-0.39, 0.29) is 0 Å². The molecule has 0 saturated heterocycles. The van der Waals surface area contributed by atoms with E-state index in [0.717, 1.165) is 22.9 Å². The minimum Gasteiger partial charge on any atom is -0.330 e. The lowest BCUT2D eigenvalue weighted by Crippen LogP contribution is -2.10. The minimum atomic E-state index is 0.343. The molecule has 0 amide bonds. The summed E-state index contributed by atoms with van der Waals surface area (Å²) >= 11 is 1.70. The van der Waals surface area contributed by atoms with Crippen LogP contribution in [0.2, 0.25) is 0 Å². The van der Waals surface area contributed by atoms with Crippen LogP contribution in [0.15, 0.2) is 30.3 Å². The molecule has 0 aliphatic heterocycles. The maximum absolute atomic E-state index is 5.58. The molecule has 2 N–H and O–H groups in total. The first kappa shape index (κ1) is 14.2. The first-order chi connectivity index (χ1) is 9.26. The standard InChI is InChI=1S/C15H21N3S/c1-3-11(2)14(12-7-5-4-6-8-12)15-18-17-13(19-15)9-10-16/h4-8,11,14H,3,9-10,16H2,1-2H3. The second kappa shape index (κ2) is 6.78. The molecular weight excluding hydrogens is 254 g/mol. The second-order valence-corrected chi connectivity index (χ2v) is 5.94. The number of nitrogens with two attached hydrogens (primary N) is 1. The molecule has 2 unspecified atom stereocenters. The van der Waals surface area contributed by atoms with Gasteiger partial charge in [0.25, 0.3) is 0 Å². The van der Waals surface area contributed by atoms with Crippen LogP contribution in [0.1, 0.15) is 41.8 Å². The monoisotopic (exact) mass is 275 g/mol. The molecule has 102 valence electrons. The van der Waals surface area contributed by atoms with Crippen molar-refractivity contribution >= 4 is 11.3 Å². The highest BCUT2D eigenvalue weighted by atomic mass is 32.1. The van der Waals surface area contributed by atoms with E-state index in [1.165, 1.54) is 5.56 Å². The van der Waals surface area contributed by atoms with Gasteiger partial charge < -0.3 is 5.73 Å². The van der Waals surface area contributed by atoms with E-state index in [0.29, 0.717) is 18.4 Å². The predicted molar refractivity (Wildman–Crippen MR) is 80.4 cm³/mol. The summed E-state index contributed by atoms with van der Waals surface area (Å²) in [7, 11) is 0. The molecule has 0 spiro atoms. The van der Waals surface area contributed by atoms with Crippen molar-refractivity contribution in [1.82, 2.24) is 10.2 Å². The number of rotatable bonds is 6. The van der Waals surface area contributed by atoms with Crippen molar-refractivity contribution in [3.63, 3.8) is 0 Å². The Morgan fingerprint density at radius 1 is 1.21 bits per heavy atom. The van der Waals surface area contributed by atoms with Gasteiger partial charge in [-0.1, -0.05) is 50.6 Å². The smallest absolute Gasteiger partial charge is 0.125 e. The molecule has 0 fully saturated rings. The third-order valence-corrected chi connectivity index (χ3v) is 4.54. The summed E-state index contributed by atoms with van der Waals surface area (Å²) in [6, 6.07) is 10.6. The van der Waals surface area contributed by atoms with Crippen LogP contribution < -0.4 is 5.73 Å². The summed E-state index contributed by atoms with van der Waals surface area (Å²) in [5, 5.41) is 10.8. The van der Waals surface area contributed by atoms with Crippen molar-refractivity contribution < 1.29 is 0 Å².